The van der Waals surface area contributed by atoms with E-state index in [1.54, 1.807) is 0 Å². The Labute approximate surface area is 134 Å². The van der Waals surface area contributed by atoms with Crippen molar-refractivity contribution in [2.24, 2.45) is 0 Å². The summed E-state index contributed by atoms with van der Waals surface area (Å²) in [5.74, 6) is -1.43. The lowest BCUT2D eigenvalue weighted by Crippen LogP contribution is -2.52. The van der Waals surface area contributed by atoms with Crippen LogP contribution in [0.3, 0.4) is 0 Å². The van der Waals surface area contributed by atoms with Crippen molar-refractivity contribution in [3.05, 3.63) is 47.2 Å². The molecule has 0 saturated carbocycles. The molecule has 1 heterocycles. The minimum atomic E-state index is -1.47. The summed E-state index contributed by atoms with van der Waals surface area (Å²) in [6.45, 7) is 0. The fourth-order valence-corrected chi connectivity index (χ4v) is 2.72. The van der Waals surface area contributed by atoms with Crippen LogP contribution in [0.15, 0.2) is 41.7 Å². The monoisotopic (exact) mass is 321 g/mol. The van der Waals surface area contributed by atoms with E-state index in [1.807, 2.05) is 30.3 Å². The maximum atomic E-state index is 12.3. The fraction of sp³-hybridized carbons (Fsp3) is 0.375. The number of hydrogen-bond acceptors (Lipinski definition) is 6. The van der Waals surface area contributed by atoms with Crippen LogP contribution in [0.4, 0.5) is 0 Å². The van der Waals surface area contributed by atoms with Gasteiger partial charge in [-0.25, -0.2) is 4.79 Å². The molecule has 1 N–H and O–H groups in total. The minimum Gasteiger partial charge on any atom is -0.495 e. The van der Waals surface area contributed by atoms with E-state index in [0.717, 1.165) is 5.56 Å². The number of rotatable bonds is 6. The highest BCUT2D eigenvalue weighted by molar-refractivity contribution is 6.19. The molecule has 0 saturated heterocycles. The molecule has 0 aliphatic carbocycles. The maximum absolute atomic E-state index is 12.3. The number of ether oxygens (including phenoxy) is 4. The third kappa shape index (κ3) is 2.69. The highest BCUT2D eigenvalue weighted by Crippen LogP contribution is 2.41. The van der Waals surface area contributed by atoms with E-state index in [1.165, 1.54) is 28.4 Å². The van der Waals surface area contributed by atoms with Crippen molar-refractivity contribution in [1.29, 1.82) is 0 Å². The van der Waals surface area contributed by atoms with Crippen LogP contribution in [-0.4, -0.2) is 46.0 Å². The molecular weight excluding hydrogens is 302 g/mol. The number of carbonyl (C=O) groups is 2. The first-order chi connectivity index (χ1) is 11.1. The van der Waals surface area contributed by atoms with Gasteiger partial charge in [-0.3, -0.25) is 4.79 Å². The molecule has 7 nitrogen and oxygen atoms in total. The molecule has 0 spiro atoms. The quantitative estimate of drug-likeness (QED) is 0.620. The molecule has 2 atom stereocenters. The summed E-state index contributed by atoms with van der Waals surface area (Å²) < 4.78 is 21.1. The van der Waals surface area contributed by atoms with E-state index in [2.05, 4.69) is 10.1 Å². The fourth-order valence-electron chi connectivity index (χ4n) is 2.72. The molecule has 1 unspecified atom stereocenters. The minimum absolute atomic E-state index is 0.0209. The summed E-state index contributed by atoms with van der Waals surface area (Å²) >= 11 is 0. The Morgan fingerprint density at radius 2 is 1.78 bits per heavy atom. The smallest absolute Gasteiger partial charge is 0.347 e. The van der Waals surface area contributed by atoms with Gasteiger partial charge in [0, 0.05) is 14.2 Å². The van der Waals surface area contributed by atoms with Crippen molar-refractivity contribution in [3.8, 4) is 0 Å². The zero-order valence-electron chi connectivity index (χ0n) is 13.4. The van der Waals surface area contributed by atoms with Crippen LogP contribution in [0.2, 0.25) is 0 Å². The maximum Gasteiger partial charge on any atom is 0.347 e. The van der Waals surface area contributed by atoms with Gasteiger partial charge >= 0.3 is 5.97 Å². The van der Waals surface area contributed by atoms with E-state index in [-0.39, 0.29) is 11.3 Å². The van der Waals surface area contributed by atoms with Gasteiger partial charge in [-0.05, 0) is 5.56 Å². The average Bonchev–Trinajstić information content (AvgIpc) is 2.88. The lowest BCUT2D eigenvalue weighted by atomic mass is 9.96. The van der Waals surface area contributed by atoms with Crippen LogP contribution in [0.25, 0.3) is 0 Å². The molecule has 1 aliphatic heterocycles. The molecular formula is C16H19NO6. The van der Waals surface area contributed by atoms with Crippen molar-refractivity contribution in [1.82, 2.24) is 5.32 Å². The Hall–Kier alpha value is -2.38. The molecule has 124 valence electrons. The van der Waals surface area contributed by atoms with Crippen LogP contribution in [-0.2, 0) is 28.5 Å². The van der Waals surface area contributed by atoms with E-state index in [9.17, 15) is 9.59 Å². The van der Waals surface area contributed by atoms with Crippen molar-refractivity contribution in [2.75, 3.05) is 28.4 Å². The highest BCUT2D eigenvalue weighted by atomic mass is 16.6. The van der Waals surface area contributed by atoms with Gasteiger partial charge in [0.1, 0.15) is 6.10 Å². The van der Waals surface area contributed by atoms with Gasteiger partial charge in [-0.2, -0.15) is 0 Å². The number of esters is 1. The van der Waals surface area contributed by atoms with Gasteiger partial charge < -0.3 is 24.3 Å². The lowest BCUT2D eigenvalue weighted by Gasteiger charge is -2.36. The van der Waals surface area contributed by atoms with Gasteiger partial charge in [0.25, 0.3) is 5.91 Å². The van der Waals surface area contributed by atoms with E-state index in [4.69, 9.17) is 14.2 Å². The predicted octanol–water partition coefficient (Wildman–Crippen LogP) is 0.920. The third-order valence-electron chi connectivity index (χ3n) is 3.71. The molecule has 23 heavy (non-hydrogen) atoms. The van der Waals surface area contributed by atoms with Gasteiger partial charge in [0.2, 0.25) is 5.72 Å². The largest absolute Gasteiger partial charge is 0.495 e. The molecule has 7 heteroatoms. The van der Waals surface area contributed by atoms with Crippen LogP contribution < -0.4 is 5.32 Å². The van der Waals surface area contributed by atoms with E-state index >= 15 is 0 Å². The van der Waals surface area contributed by atoms with Crippen molar-refractivity contribution >= 4 is 11.9 Å². The first-order valence-corrected chi connectivity index (χ1v) is 6.88. The molecule has 2 rings (SSSR count). The van der Waals surface area contributed by atoms with Crippen molar-refractivity contribution < 1.29 is 28.5 Å². The first kappa shape index (κ1) is 17.0. The Kier molecular flexibility index (Phi) is 5.02. The standard InChI is InChI=1S/C16H19NO6/c1-20-12(10-8-6-5-7-9-10)16(23-4)13(21-2)11(14(18)17-16)15(19)22-3/h5-9,12H,1-4H3,(H,17,18)/t12?,16-/m1/s1. The van der Waals surface area contributed by atoms with Crippen LogP contribution in [0, 0.1) is 0 Å². The summed E-state index contributed by atoms with van der Waals surface area (Å²) in [7, 11) is 5.42. The molecule has 0 radical (unpaired) electrons. The van der Waals surface area contributed by atoms with Crippen LogP contribution in [0.5, 0.6) is 0 Å². The average molecular weight is 321 g/mol. The Morgan fingerprint density at radius 1 is 1.13 bits per heavy atom. The topological polar surface area (TPSA) is 83.1 Å². The number of hydrogen-bond donors (Lipinski definition) is 1. The molecule has 0 aromatic heterocycles. The molecule has 0 bridgehead atoms. The lowest BCUT2D eigenvalue weighted by molar-refractivity contribution is -0.145. The Bertz CT molecular complexity index is 627. The van der Waals surface area contributed by atoms with E-state index in [0.29, 0.717) is 0 Å². The summed E-state index contributed by atoms with van der Waals surface area (Å²) in [4.78, 5) is 24.2. The zero-order valence-corrected chi connectivity index (χ0v) is 13.4. The van der Waals surface area contributed by atoms with Crippen molar-refractivity contribution in [3.63, 3.8) is 0 Å². The molecule has 1 aliphatic rings. The molecule has 1 amide bonds. The SMILES string of the molecule is COC(=O)C1=C(OC)[C@](OC)(C(OC)c2ccccc2)NC1=O. The van der Waals surface area contributed by atoms with Gasteiger partial charge in [-0.1, -0.05) is 30.3 Å². The summed E-state index contributed by atoms with van der Waals surface area (Å²) in [5.41, 5.74) is -0.960. The van der Waals surface area contributed by atoms with Gasteiger partial charge in [0.15, 0.2) is 11.3 Å². The number of carbonyl (C=O) groups excluding carboxylic acids is 2. The molecule has 1 aromatic carbocycles. The van der Waals surface area contributed by atoms with Crippen LogP contribution in [0.1, 0.15) is 11.7 Å². The number of amides is 1. The number of benzene rings is 1. The number of methoxy groups -OCH3 is 4. The Balaban J connectivity index is 2.61. The predicted molar refractivity (Wildman–Crippen MR) is 80.1 cm³/mol. The second-order valence-electron chi connectivity index (χ2n) is 4.82. The van der Waals surface area contributed by atoms with Crippen molar-refractivity contribution in [2.45, 2.75) is 11.8 Å². The summed E-state index contributed by atoms with van der Waals surface area (Å²) in [6, 6.07) is 9.17. The molecule has 1 aromatic rings. The van der Waals surface area contributed by atoms with Crippen LogP contribution >= 0.6 is 0 Å². The van der Waals surface area contributed by atoms with Gasteiger partial charge in [0.05, 0.1) is 14.2 Å². The second kappa shape index (κ2) is 6.80. The normalized spacial score (nSPS) is 21.8. The zero-order chi connectivity index (χ0) is 17.0. The summed E-state index contributed by atoms with van der Waals surface area (Å²) in [5, 5.41) is 2.65. The highest BCUT2D eigenvalue weighted by Gasteiger charge is 2.55. The first-order valence-electron chi connectivity index (χ1n) is 6.88. The van der Waals surface area contributed by atoms with E-state index < -0.39 is 23.7 Å². The number of nitrogens with one attached hydrogen (secondary N) is 1. The Morgan fingerprint density at radius 3 is 2.26 bits per heavy atom. The van der Waals surface area contributed by atoms with Gasteiger partial charge in [-0.15, -0.1) is 0 Å². The summed E-state index contributed by atoms with van der Waals surface area (Å²) in [6.07, 6.45) is -0.727. The second-order valence-corrected chi connectivity index (χ2v) is 4.82. The third-order valence-corrected chi connectivity index (χ3v) is 3.71. The molecule has 0 fully saturated rings.